The second-order valence-corrected chi connectivity index (χ2v) is 8.03. The van der Waals surface area contributed by atoms with Gasteiger partial charge in [-0.2, -0.15) is 0 Å². The minimum Gasteiger partial charge on any atom is -0.611 e. The molecule has 0 aliphatic heterocycles. The Hall–Kier alpha value is 0.740. The summed E-state index contributed by atoms with van der Waals surface area (Å²) >= 11 is 4.71. The van der Waals surface area contributed by atoms with Crippen molar-refractivity contribution in [1.82, 2.24) is 0 Å². The highest BCUT2D eigenvalue weighted by Gasteiger charge is 2.13. The normalized spacial score (nSPS) is 15.6. The Morgan fingerprint density at radius 1 is 1.42 bits per heavy atom. The predicted octanol–water partition coefficient (Wildman–Crippen LogP) is 2.95. The number of alkyl halides is 2. The summed E-state index contributed by atoms with van der Waals surface area (Å²) in [6.45, 7) is 0. The number of benzene rings is 1. The van der Waals surface area contributed by atoms with Crippen molar-refractivity contribution in [2.45, 2.75) is 7.73 Å². The van der Waals surface area contributed by atoms with E-state index in [2.05, 4.69) is 38.5 Å². The molecule has 0 aromatic heterocycles. The van der Waals surface area contributed by atoms with E-state index in [0.717, 1.165) is 4.90 Å². The van der Waals surface area contributed by atoms with Crippen molar-refractivity contribution in [1.29, 1.82) is 0 Å². The number of hydrogen-bond acceptors (Lipinski definition) is 1. The smallest absolute Gasteiger partial charge is 0.152 e. The van der Waals surface area contributed by atoms with E-state index >= 15 is 0 Å². The number of halogens is 2. The fourth-order valence-electron chi connectivity index (χ4n) is 0.783. The van der Waals surface area contributed by atoms with Gasteiger partial charge in [-0.05, 0) is 23.3 Å². The molecule has 4 heteroatoms. The lowest BCUT2D eigenvalue weighted by Crippen LogP contribution is -2.11. The SMILES string of the molecule is [O-][S+](CC(Br)I)c1ccccc1. The lowest BCUT2D eigenvalue weighted by atomic mass is 10.4. The Bertz CT molecular complexity index is 230. The van der Waals surface area contributed by atoms with Gasteiger partial charge < -0.3 is 4.55 Å². The fraction of sp³-hybridized carbons (Fsp3) is 0.250. The first-order valence-corrected chi connectivity index (χ1v) is 6.90. The minimum absolute atomic E-state index is 0.274. The second kappa shape index (κ2) is 5.47. The zero-order valence-electron chi connectivity index (χ0n) is 6.24. The topological polar surface area (TPSA) is 23.1 Å². The van der Waals surface area contributed by atoms with Crippen LogP contribution < -0.4 is 0 Å². The van der Waals surface area contributed by atoms with Crippen molar-refractivity contribution >= 4 is 49.7 Å². The number of hydrogen-bond donors (Lipinski definition) is 0. The molecule has 1 aromatic rings. The maximum atomic E-state index is 11.5. The fourth-order valence-corrected chi connectivity index (χ4v) is 3.36. The molecule has 0 bridgehead atoms. The molecule has 0 saturated carbocycles. The Morgan fingerprint density at radius 3 is 2.50 bits per heavy atom. The maximum absolute atomic E-state index is 11.5. The lowest BCUT2D eigenvalue weighted by Gasteiger charge is -2.10. The average Bonchev–Trinajstić information content (AvgIpc) is 2.05. The van der Waals surface area contributed by atoms with Crippen LogP contribution in [0, 0.1) is 0 Å². The lowest BCUT2D eigenvalue weighted by molar-refractivity contribution is 0.596. The molecule has 0 amide bonds. The highest BCUT2D eigenvalue weighted by Crippen LogP contribution is 2.17. The molecule has 12 heavy (non-hydrogen) atoms. The summed E-state index contributed by atoms with van der Waals surface area (Å²) in [6, 6.07) is 9.52. The summed E-state index contributed by atoms with van der Waals surface area (Å²) in [4.78, 5) is 0.901. The first-order valence-electron chi connectivity index (χ1n) is 3.41. The molecule has 0 aliphatic carbocycles. The van der Waals surface area contributed by atoms with Crippen LogP contribution in [0.1, 0.15) is 0 Å². The Kier molecular flexibility index (Phi) is 4.93. The van der Waals surface area contributed by atoms with E-state index in [0.29, 0.717) is 5.75 Å². The third-order valence-corrected chi connectivity index (χ3v) is 4.51. The molecule has 0 radical (unpaired) electrons. The number of rotatable bonds is 3. The highest BCUT2D eigenvalue weighted by atomic mass is 127. The summed E-state index contributed by atoms with van der Waals surface area (Å²) < 4.78 is 11.8. The van der Waals surface area contributed by atoms with Crippen LogP contribution in [-0.2, 0) is 11.2 Å². The summed E-state index contributed by atoms with van der Waals surface area (Å²) in [5.74, 6) is 0.657. The van der Waals surface area contributed by atoms with Gasteiger partial charge in [-0.3, -0.25) is 0 Å². The predicted molar refractivity (Wildman–Crippen MR) is 64.5 cm³/mol. The molecule has 2 atom stereocenters. The highest BCUT2D eigenvalue weighted by molar-refractivity contribution is 14.1. The van der Waals surface area contributed by atoms with Crippen LogP contribution in [0.3, 0.4) is 0 Å². The van der Waals surface area contributed by atoms with Crippen LogP contribution in [0.5, 0.6) is 0 Å². The van der Waals surface area contributed by atoms with Gasteiger partial charge in [0.2, 0.25) is 0 Å². The molecule has 2 unspecified atom stereocenters. The molecule has 1 nitrogen and oxygen atoms in total. The van der Waals surface area contributed by atoms with Crippen LogP contribution in [0.15, 0.2) is 35.2 Å². The Balaban J connectivity index is 2.59. The van der Waals surface area contributed by atoms with E-state index in [9.17, 15) is 4.55 Å². The third kappa shape index (κ3) is 3.64. The Morgan fingerprint density at radius 2 is 2.00 bits per heavy atom. The average molecular weight is 359 g/mol. The molecular formula is C8H8BrIOS. The molecule has 0 fully saturated rings. The third-order valence-electron chi connectivity index (χ3n) is 1.28. The minimum atomic E-state index is -0.868. The quantitative estimate of drug-likeness (QED) is 0.463. The van der Waals surface area contributed by atoms with Crippen LogP contribution in [0.4, 0.5) is 0 Å². The first kappa shape index (κ1) is 10.8. The molecule has 1 rings (SSSR count). The van der Waals surface area contributed by atoms with Gasteiger partial charge in [-0.25, -0.2) is 0 Å². The van der Waals surface area contributed by atoms with Gasteiger partial charge in [0.1, 0.15) is 8.59 Å². The van der Waals surface area contributed by atoms with Gasteiger partial charge in [0.25, 0.3) is 0 Å². The van der Waals surface area contributed by atoms with E-state index in [1.54, 1.807) is 0 Å². The molecule has 0 N–H and O–H groups in total. The van der Waals surface area contributed by atoms with Gasteiger partial charge in [0, 0.05) is 0 Å². The van der Waals surface area contributed by atoms with Crippen molar-refractivity contribution in [2.24, 2.45) is 0 Å². The van der Waals surface area contributed by atoms with Crippen LogP contribution in [-0.4, -0.2) is 13.1 Å². The van der Waals surface area contributed by atoms with E-state index < -0.39 is 11.2 Å². The van der Waals surface area contributed by atoms with Gasteiger partial charge in [0.05, 0.1) is 0 Å². The molecule has 0 spiro atoms. The molecule has 0 heterocycles. The second-order valence-electron chi connectivity index (χ2n) is 2.22. The summed E-state index contributed by atoms with van der Waals surface area (Å²) in [5, 5.41) is 0. The largest absolute Gasteiger partial charge is 0.611 e. The molecule has 0 saturated heterocycles. The van der Waals surface area contributed by atoms with E-state index in [-0.39, 0.29) is 2.83 Å². The monoisotopic (exact) mass is 358 g/mol. The van der Waals surface area contributed by atoms with E-state index in [1.165, 1.54) is 0 Å². The van der Waals surface area contributed by atoms with Crippen molar-refractivity contribution < 1.29 is 4.55 Å². The van der Waals surface area contributed by atoms with E-state index in [4.69, 9.17) is 0 Å². The summed E-state index contributed by atoms with van der Waals surface area (Å²) in [5.41, 5.74) is 0. The zero-order valence-corrected chi connectivity index (χ0v) is 10.8. The van der Waals surface area contributed by atoms with Gasteiger partial charge >= 0.3 is 0 Å². The first-order chi connectivity index (χ1) is 5.70. The maximum Gasteiger partial charge on any atom is 0.152 e. The van der Waals surface area contributed by atoms with Crippen LogP contribution in [0.25, 0.3) is 0 Å². The van der Waals surface area contributed by atoms with Crippen molar-refractivity contribution in [3.63, 3.8) is 0 Å². The van der Waals surface area contributed by atoms with Crippen molar-refractivity contribution in [3.8, 4) is 0 Å². The Labute approximate surface area is 97.4 Å². The van der Waals surface area contributed by atoms with Crippen LogP contribution in [0.2, 0.25) is 0 Å². The molecule has 1 aromatic carbocycles. The van der Waals surface area contributed by atoms with Gasteiger partial charge in [-0.15, -0.1) is 0 Å². The molecular weight excluding hydrogens is 351 g/mol. The van der Waals surface area contributed by atoms with Crippen LogP contribution >= 0.6 is 38.5 Å². The van der Waals surface area contributed by atoms with Gasteiger partial charge in [0.15, 0.2) is 4.90 Å². The van der Waals surface area contributed by atoms with Crippen molar-refractivity contribution in [3.05, 3.63) is 30.3 Å². The van der Waals surface area contributed by atoms with Crippen molar-refractivity contribution in [2.75, 3.05) is 5.75 Å². The van der Waals surface area contributed by atoms with E-state index in [1.807, 2.05) is 30.3 Å². The summed E-state index contributed by atoms with van der Waals surface area (Å²) in [7, 11) is 0. The standard InChI is InChI=1S/C8H8BrIOS/c9-8(10)6-12(11)7-4-2-1-3-5-7/h1-5,8H,6H2. The summed E-state index contributed by atoms with van der Waals surface area (Å²) in [6.07, 6.45) is 0. The molecule has 66 valence electrons. The zero-order chi connectivity index (χ0) is 8.97. The molecule has 0 aliphatic rings. The van der Waals surface area contributed by atoms with Gasteiger partial charge in [-0.1, -0.05) is 56.7 Å².